The summed E-state index contributed by atoms with van der Waals surface area (Å²) in [5.74, 6) is -1.33. The van der Waals surface area contributed by atoms with Gasteiger partial charge in [0.1, 0.15) is 0 Å². The van der Waals surface area contributed by atoms with Crippen LogP contribution < -0.4 is 4.72 Å². The fraction of sp³-hybridized carbons (Fsp3) is 0.167. The number of rotatable bonds is 4. The summed E-state index contributed by atoms with van der Waals surface area (Å²) < 4.78 is 31.6. The van der Waals surface area contributed by atoms with E-state index in [0.29, 0.717) is 5.69 Å². The van der Waals surface area contributed by atoms with Gasteiger partial charge in [-0.15, -0.1) is 0 Å². The van der Waals surface area contributed by atoms with Crippen molar-refractivity contribution in [2.24, 2.45) is 0 Å². The molecule has 1 heterocycles. The summed E-state index contributed by atoms with van der Waals surface area (Å²) in [5.41, 5.74) is 0.397. The summed E-state index contributed by atoms with van der Waals surface area (Å²) in [6, 6.07) is 3.77. The first-order valence-corrected chi connectivity index (χ1v) is 7.56. The third-order valence-corrected chi connectivity index (χ3v) is 4.40. The minimum Gasteiger partial charge on any atom is -0.478 e. The maximum absolute atomic E-state index is 12.3. The molecule has 0 amide bonds. The molecule has 0 bridgehead atoms. The Bertz CT molecular complexity index is 813. The standard InChI is InChI=1S/C12H11ClN2O5S/c1-6-3-11(20-14-6)15-21(18,19)10-5-8(13)4-9(7(10)2)12(16)17/h3-5,15H,1-2H3,(H,16,17). The number of anilines is 1. The molecule has 0 saturated heterocycles. The molecule has 2 aromatic rings. The number of nitrogens with one attached hydrogen (secondary N) is 1. The number of aromatic carboxylic acids is 1. The van der Waals surface area contributed by atoms with Crippen molar-refractivity contribution in [3.05, 3.63) is 40.0 Å². The Morgan fingerprint density at radius 1 is 1.33 bits per heavy atom. The van der Waals surface area contributed by atoms with Gasteiger partial charge in [0.05, 0.1) is 16.2 Å². The second-order valence-corrected chi connectivity index (χ2v) is 6.41. The predicted molar refractivity (Wildman–Crippen MR) is 75.2 cm³/mol. The van der Waals surface area contributed by atoms with Crippen molar-refractivity contribution in [2.45, 2.75) is 18.7 Å². The van der Waals surface area contributed by atoms with Crippen LogP contribution in [0.15, 0.2) is 27.6 Å². The van der Waals surface area contributed by atoms with Crippen LogP contribution >= 0.6 is 11.6 Å². The molecular formula is C12H11ClN2O5S. The van der Waals surface area contributed by atoms with Gasteiger partial charge in [-0.3, -0.25) is 0 Å². The van der Waals surface area contributed by atoms with E-state index < -0.39 is 16.0 Å². The van der Waals surface area contributed by atoms with Crippen LogP contribution in [0.25, 0.3) is 0 Å². The molecule has 0 aliphatic heterocycles. The van der Waals surface area contributed by atoms with E-state index in [1.807, 2.05) is 0 Å². The normalized spacial score (nSPS) is 11.4. The third kappa shape index (κ3) is 3.17. The fourth-order valence-corrected chi connectivity index (χ4v) is 3.30. The predicted octanol–water partition coefficient (Wildman–Crippen LogP) is 2.44. The van der Waals surface area contributed by atoms with Crippen molar-refractivity contribution < 1.29 is 22.8 Å². The van der Waals surface area contributed by atoms with E-state index in [4.69, 9.17) is 21.2 Å². The Morgan fingerprint density at radius 3 is 2.52 bits per heavy atom. The molecule has 21 heavy (non-hydrogen) atoms. The lowest BCUT2D eigenvalue weighted by Crippen LogP contribution is -2.15. The smallest absolute Gasteiger partial charge is 0.336 e. The number of halogens is 1. The summed E-state index contributed by atoms with van der Waals surface area (Å²) in [6.07, 6.45) is 0. The van der Waals surface area contributed by atoms with Gasteiger partial charge in [0.15, 0.2) is 0 Å². The number of carboxylic acid groups (broad SMARTS) is 1. The number of nitrogens with zero attached hydrogens (tertiary/aromatic N) is 1. The highest BCUT2D eigenvalue weighted by Crippen LogP contribution is 2.26. The maximum Gasteiger partial charge on any atom is 0.336 e. The van der Waals surface area contributed by atoms with Crippen molar-refractivity contribution in [3.63, 3.8) is 0 Å². The van der Waals surface area contributed by atoms with Crippen LogP contribution in [0.3, 0.4) is 0 Å². The molecule has 0 aliphatic rings. The summed E-state index contributed by atoms with van der Waals surface area (Å²) in [7, 11) is -4.04. The molecular weight excluding hydrogens is 320 g/mol. The number of carboxylic acids is 1. The molecule has 9 heteroatoms. The summed E-state index contributed by atoms with van der Waals surface area (Å²) in [6.45, 7) is 3.02. The number of hydrogen-bond acceptors (Lipinski definition) is 5. The summed E-state index contributed by atoms with van der Waals surface area (Å²) >= 11 is 5.79. The molecule has 0 saturated carbocycles. The zero-order valence-electron chi connectivity index (χ0n) is 11.0. The third-order valence-electron chi connectivity index (χ3n) is 2.71. The lowest BCUT2D eigenvalue weighted by molar-refractivity contribution is 0.0696. The van der Waals surface area contributed by atoms with E-state index in [1.54, 1.807) is 6.92 Å². The average molecular weight is 331 g/mol. The zero-order chi connectivity index (χ0) is 15.8. The van der Waals surface area contributed by atoms with Gasteiger partial charge in [-0.2, -0.15) is 0 Å². The molecule has 112 valence electrons. The minimum absolute atomic E-state index is 0.00660. The lowest BCUT2D eigenvalue weighted by Gasteiger charge is -2.10. The van der Waals surface area contributed by atoms with Crippen molar-refractivity contribution >= 4 is 33.5 Å². The molecule has 1 aromatic heterocycles. The largest absolute Gasteiger partial charge is 0.478 e. The summed E-state index contributed by atoms with van der Waals surface area (Å²) in [4.78, 5) is 10.9. The monoisotopic (exact) mass is 330 g/mol. The van der Waals surface area contributed by atoms with E-state index in [9.17, 15) is 13.2 Å². The van der Waals surface area contributed by atoms with Gasteiger partial charge in [0, 0.05) is 11.1 Å². The van der Waals surface area contributed by atoms with Crippen LogP contribution in [0, 0.1) is 13.8 Å². The Morgan fingerprint density at radius 2 is 2.00 bits per heavy atom. The lowest BCUT2D eigenvalue weighted by atomic mass is 10.1. The zero-order valence-corrected chi connectivity index (χ0v) is 12.6. The molecule has 0 unspecified atom stereocenters. The van der Waals surface area contributed by atoms with Crippen molar-refractivity contribution in [1.29, 1.82) is 0 Å². The van der Waals surface area contributed by atoms with Crippen molar-refractivity contribution in [2.75, 3.05) is 4.72 Å². The SMILES string of the molecule is Cc1cc(NS(=O)(=O)c2cc(Cl)cc(C(=O)O)c2C)on1. The first-order chi connectivity index (χ1) is 9.70. The van der Waals surface area contributed by atoms with Crippen molar-refractivity contribution in [3.8, 4) is 0 Å². The van der Waals surface area contributed by atoms with E-state index in [1.165, 1.54) is 25.1 Å². The molecule has 1 aromatic carbocycles. The number of benzene rings is 1. The van der Waals surface area contributed by atoms with Gasteiger partial charge in [0.25, 0.3) is 10.0 Å². The highest BCUT2D eigenvalue weighted by atomic mass is 35.5. The van der Waals surface area contributed by atoms with Gasteiger partial charge in [-0.05, 0) is 31.5 Å². The van der Waals surface area contributed by atoms with Crippen LogP contribution in [0.4, 0.5) is 5.88 Å². The van der Waals surface area contributed by atoms with Gasteiger partial charge < -0.3 is 9.63 Å². The summed E-state index contributed by atoms with van der Waals surface area (Å²) in [5, 5.41) is 12.6. The topological polar surface area (TPSA) is 110 Å². The maximum atomic E-state index is 12.3. The number of hydrogen-bond donors (Lipinski definition) is 2. The number of sulfonamides is 1. The minimum atomic E-state index is -4.04. The fourth-order valence-electron chi connectivity index (χ4n) is 1.75. The highest BCUT2D eigenvalue weighted by molar-refractivity contribution is 7.92. The molecule has 2 N–H and O–H groups in total. The van der Waals surface area contributed by atoms with Crippen LogP contribution in [0.1, 0.15) is 21.6 Å². The molecule has 2 rings (SSSR count). The first kappa shape index (κ1) is 15.3. The van der Waals surface area contributed by atoms with Crippen LogP contribution in [-0.4, -0.2) is 24.7 Å². The molecule has 0 atom stereocenters. The van der Waals surface area contributed by atoms with Gasteiger partial charge in [-0.1, -0.05) is 16.8 Å². The second kappa shape index (κ2) is 5.38. The quantitative estimate of drug-likeness (QED) is 0.891. The van der Waals surface area contributed by atoms with Crippen molar-refractivity contribution in [1.82, 2.24) is 5.16 Å². The van der Waals surface area contributed by atoms with Gasteiger partial charge in [-0.25, -0.2) is 17.9 Å². The molecule has 0 aliphatic carbocycles. The molecule has 7 nitrogen and oxygen atoms in total. The van der Waals surface area contributed by atoms with E-state index in [-0.39, 0.29) is 26.9 Å². The average Bonchev–Trinajstić information content (AvgIpc) is 2.76. The Hall–Kier alpha value is -2.06. The second-order valence-electron chi connectivity index (χ2n) is 4.32. The number of carbonyl (C=O) groups is 1. The number of aromatic nitrogens is 1. The molecule has 0 radical (unpaired) electrons. The Balaban J connectivity index is 2.52. The van der Waals surface area contributed by atoms with E-state index in [2.05, 4.69) is 9.88 Å². The molecule has 0 fully saturated rings. The van der Waals surface area contributed by atoms with E-state index >= 15 is 0 Å². The number of aryl methyl sites for hydroxylation is 1. The first-order valence-electron chi connectivity index (χ1n) is 5.70. The highest BCUT2D eigenvalue weighted by Gasteiger charge is 2.23. The van der Waals surface area contributed by atoms with E-state index in [0.717, 1.165) is 0 Å². The van der Waals surface area contributed by atoms with Crippen LogP contribution in [0.5, 0.6) is 0 Å². The van der Waals surface area contributed by atoms with Crippen LogP contribution in [-0.2, 0) is 10.0 Å². The Kier molecular flexibility index (Phi) is 3.93. The van der Waals surface area contributed by atoms with Gasteiger partial charge in [0.2, 0.25) is 5.88 Å². The van der Waals surface area contributed by atoms with Crippen LogP contribution in [0.2, 0.25) is 5.02 Å². The van der Waals surface area contributed by atoms with Gasteiger partial charge >= 0.3 is 5.97 Å². The molecule has 0 spiro atoms. The Labute approximate surface area is 125 Å².